The topological polar surface area (TPSA) is 43.8 Å². The lowest BCUT2D eigenvalue weighted by Crippen LogP contribution is -2.41. The van der Waals surface area contributed by atoms with Crippen molar-refractivity contribution in [2.75, 3.05) is 32.7 Å². The molecule has 0 unspecified atom stereocenters. The minimum atomic E-state index is 0.0630. The second-order valence-corrected chi connectivity index (χ2v) is 6.69. The van der Waals surface area contributed by atoms with Crippen LogP contribution in [0.15, 0.2) is 18.2 Å². The molecule has 2 aliphatic rings. The van der Waals surface area contributed by atoms with E-state index in [1.54, 1.807) is 12.1 Å². The maximum atomic E-state index is 12.6. The molecular formula is C18H26N2O2. The summed E-state index contributed by atoms with van der Waals surface area (Å²) in [5, 5.41) is 9.77. The molecule has 1 aromatic rings. The number of carbonyl (C=O) groups is 1. The number of amides is 1. The summed E-state index contributed by atoms with van der Waals surface area (Å²) in [6.07, 6.45) is 4.88. The van der Waals surface area contributed by atoms with Gasteiger partial charge in [0.2, 0.25) is 0 Å². The lowest BCUT2D eigenvalue weighted by atomic mass is 9.95. The van der Waals surface area contributed by atoms with Gasteiger partial charge in [-0.25, -0.2) is 0 Å². The standard InChI is InChI=1S/C18H26N2O2/c1-14-16(5-4-6-17(14)21)18(22)20-11-7-15(8-12-20)13-19-9-2-3-10-19/h4-6,15,21H,2-3,7-13H2,1H3. The van der Waals surface area contributed by atoms with Crippen LogP contribution < -0.4 is 0 Å². The monoisotopic (exact) mass is 302 g/mol. The van der Waals surface area contributed by atoms with E-state index < -0.39 is 0 Å². The van der Waals surface area contributed by atoms with Crippen LogP contribution in [0.1, 0.15) is 41.6 Å². The average molecular weight is 302 g/mol. The zero-order valence-corrected chi connectivity index (χ0v) is 13.4. The van der Waals surface area contributed by atoms with Crippen molar-refractivity contribution in [1.82, 2.24) is 9.80 Å². The van der Waals surface area contributed by atoms with Crippen molar-refractivity contribution in [3.8, 4) is 5.75 Å². The molecule has 0 spiro atoms. The van der Waals surface area contributed by atoms with Gasteiger partial charge in [-0.3, -0.25) is 4.79 Å². The molecule has 4 heteroatoms. The number of nitrogens with zero attached hydrogens (tertiary/aromatic N) is 2. The number of benzene rings is 1. The molecule has 1 aromatic carbocycles. The predicted molar refractivity (Wildman–Crippen MR) is 87.1 cm³/mol. The molecule has 1 N–H and O–H groups in total. The SMILES string of the molecule is Cc1c(O)cccc1C(=O)N1CCC(CN2CCCC2)CC1. The maximum absolute atomic E-state index is 12.6. The van der Waals surface area contributed by atoms with E-state index in [2.05, 4.69) is 4.90 Å². The summed E-state index contributed by atoms with van der Waals surface area (Å²) in [7, 11) is 0. The van der Waals surface area contributed by atoms with Gasteiger partial charge in [0.15, 0.2) is 0 Å². The van der Waals surface area contributed by atoms with Crippen molar-refractivity contribution in [1.29, 1.82) is 0 Å². The molecule has 2 aliphatic heterocycles. The molecule has 2 heterocycles. The van der Waals surface area contributed by atoms with Gasteiger partial charge in [0.05, 0.1) is 0 Å². The average Bonchev–Trinajstić information content (AvgIpc) is 3.03. The zero-order valence-electron chi connectivity index (χ0n) is 13.4. The van der Waals surface area contributed by atoms with Crippen LogP contribution in [0.3, 0.4) is 0 Å². The quantitative estimate of drug-likeness (QED) is 0.933. The van der Waals surface area contributed by atoms with Crippen molar-refractivity contribution in [3.05, 3.63) is 29.3 Å². The summed E-state index contributed by atoms with van der Waals surface area (Å²) in [5.41, 5.74) is 1.32. The van der Waals surface area contributed by atoms with Crippen molar-refractivity contribution in [2.45, 2.75) is 32.6 Å². The largest absolute Gasteiger partial charge is 0.508 e. The summed E-state index contributed by atoms with van der Waals surface area (Å²) in [4.78, 5) is 17.1. The molecule has 4 nitrogen and oxygen atoms in total. The number of rotatable bonds is 3. The molecule has 1 amide bonds. The van der Waals surface area contributed by atoms with Crippen LogP contribution in [-0.2, 0) is 0 Å². The van der Waals surface area contributed by atoms with Crippen LogP contribution in [0, 0.1) is 12.8 Å². The summed E-state index contributed by atoms with van der Waals surface area (Å²) in [5.74, 6) is 0.996. The summed E-state index contributed by atoms with van der Waals surface area (Å²) in [6.45, 7) is 7.19. The van der Waals surface area contributed by atoms with E-state index in [9.17, 15) is 9.90 Å². The molecular weight excluding hydrogens is 276 g/mol. The molecule has 0 aromatic heterocycles. The fraction of sp³-hybridized carbons (Fsp3) is 0.611. The Balaban J connectivity index is 1.56. The van der Waals surface area contributed by atoms with Gasteiger partial charge in [-0.2, -0.15) is 0 Å². The van der Waals surface area contributed by atoms with Crippen LogP contribution in [-0.4, -0.2) is 53.5 Å². The van der Waals surface area contributed by atoms with Crippen LogP contribution in [0.5, 0.6) is 5.75 Å². The molecule has 0 bridgehead atoms. The lowest BCUT2D eigenvalue weighted by molar-refractivity contribution is 0.0672. The highest BCUT2D eigenvalue weighted by molar-refractivity contribution is 5.96. The van der Waals surface area contributed by atoms with Gasteiger partial charge in [-0.05, 0) is 63.7 Å². The Morgan fingerprint density at radius 1 is 1.18 bits per heavy atom. The number of carbonyl (C=O) groups excluding carboxylic acids is 1. The Morgan fingerprint density at radius 3 is 2.55 bits per heavy atom. The number of phenolic OH excluding ortho intramolecular Hbond substituents is 1. The van der Waals surface area contributed by atoms with Gasteiger partial charge in [-0.15, -0.1) is 0 Å². The number of piperidine rings is 1. The molecule has 0 radical (unpaired) electrons. The first-order chi connectivity index (χ1) is 10.6. The van der Waals surface area contributed by atoms with Crippen LogP contribution in [0.2, 0.25) is 0 Å². The first-order valence-electron chi connectivity index (χ1n) is 8.45. The Kier molecular flexibility index (Phi) is 4.67. The Hall–Kier alpha value is -1.55. The third kappa shape index (κ3) is 3.27. The van der Waals surface area contributed by atoms with Gasteiger partial charge in [0.1, 0.15) is 5.75 Å². The first kappa shape index (κ1) is 15.3. The molecule has 0 saturated carbocycles. The second-order valence-electron chi connectivity index (χ2n) is 6.69. The van der Waals surface area contributed by atoms with Crippen molar-refractivity contribution < 1.29 is 9.90 Å². The first-order valence-corrected chi connectivity index (χ1v) is 8.45. The highest BCUT2D eigenvalue weighted by Crippen LogP contribution is 2.25. The minimum Gasteiger partial charge on any atom is -0.508 e. The van der Waals surface area contributed by atoms with E-state index in [0.29, 0.717) is 11.1 Å². The fourth-order valence-electron chi connectivity index (χ4n) is 3.67. The van der Waals surface area contributed by atoms with Crippen LogP contribution in [0.4, 0.5) is 0 Å². The fourth-order valence-corrected chi connectivity index (χ4v) is 3.67. The number of likely N-dealkylation sites (tertiary alicyclic amines) is 2. The molecule has 0 aliphatic carbocycles. The van der Waals surface area contributed by atoms with E-state index in [0.717, 1.165) is 31.8 Å². The Labute approximate surface area is 132 Å². The number of hydrogen-bond donors (Lipinski definition) is 1. The van der Waals surface area contributed by atoms with Crippen molar-refractivity contribution in [3.63, 3.8) is 0 Å². The van der Waals surface area contributed by atoms with E-state index in [1.165, 1.54) is 32.5 Å². The highest BCUT2D eigenvalue weighted by Gasteiger charge is 2.26. The Bertz CT molecular complexity index is 530. The zero-order chi connectivity index (χ0) is 15.5. The highest BCUT2D eigenvalue weighted by atomic mass is 16.3. The lowest BCUT2D eigenvalue weighted by Gasteiger charge is -2.34. The maximum Gasteiger partial charge on any atom is 0.254 e. The van der Waals surface area contributed by atoms with Gasteiger partial charge >= 0.3 is 0 Å². The van der Waals surface area contributed by atoms with Crippen LogP contribution >= 0.6 is 0 Å². The second kappa shape index (κ2) is 6.69. The Morgan fingerprint density at radius 2 is 1.86 bits per heavy atom. The van der Waals surface area contributed by atoms with E-state index in [-0.39, 0.29) is 11.7 Å². The van der Waals surface area contributed by atoms with Gasteiger partial charge in [0, 0.05) is 30.8 Å². The third-order valence-corrected chi connectivity index (χ3v) is 5.15. The summed E-state index contributed by atoms with van der Waals surface area (Å²) < 4.78 is 0. The van der Waals surface area contributed by atoms with Gasteiger partial charge in [-0.1, -0.05) is 6.07 Å². The van der Waals surface area contributed by atoms with Gasteiger partial charge in [0.25, 0.3) is 5.91 Å². The summed E-state index contributed by atoms with van der Waals surface area (Å²) >= 11 is 0. The molecule has 2 fully saturated rings. The minimum absolute atomic E-state index is 0.0630. The van der Waals surface area contributed by atoms with Crippen molar-refractivity contribution >= 4 is 5.91 Å². The molecule has 0 atom stereocenters. The summed E-state index contributed by atoms with van der Waals surface area (Å²) in [6, 6.07) is 5.19. The van der Waals surface area contributed by atoms with Gasteiger partial charge < -0.3 is 14.9 Å². The molecule has 3 rings (SSSR count). The van der Waals surface area contributed by atoms with E-state index in [4.69, 9.17) is 0 Å². The predicted octanol–water partition coefficient (Wildman–Crippen LogP) is 2.65. The smallest absolute Gasteiger partial charge is 0.254 e. The third-order valence-electron chi connectivity index (χ3n) is 5.15. The molecule has 22 heavy (non-hydrogen) atoms. The normalized spacial score (nSPS) is 20.5. The van der Waals surface area contributed by atoms with E-state index in [1.807, 2.05) is 17.9 Å². The van der Waals surface area contributed by atoms with Crippen LogP contribution in [0.25, 0.3) is 0 Å². The number of phenols is 1. The van der Waals surface area contributed by atoms with E-state index >= 15 is 0 Å². The molecule has 2 saturated heterocycles. The number of aromatic hydroxyl groups is 1. The number of hydrogen-bond acceptors (Lipinski definition) is 3. The molecule has 120 valence electrons. The van der Waals surface area contributed by atoms with Crippen molar-refractivity contribution in [2.24, 2.45) is 5.92 Å².